The van der Waals surface area contributed by atoms with Crippen molar-refractivity contribution in [3.05, 3.63) is 11.6 Å². The molecular weight excluding hydrogens is 140 g/mol. The first-order valence-electron chi connectivity index (χ1n) is 3.84. The van der Waals surface area contributed by atoms with Crippen LogP contribution in [0.1, 0.15) is 13.3 Å². The minimum Gasteiger partial charge on any atom is -0.399 e. The molecule has 1 aliphatic rings. The molecule has 1 heterocycles. The third-order valence-corrected chi connectivity index (χ3v) is 1.78. The van der Waals surface area contributed by atoms with Crippen molar-refractivity contribution < 1.29 is 4.84 Å². The van der Waals surface area contributed by atoms with E-state index in [-0.39, 0.29) is 0 Å². The van der Waals surface area contributed by atoms with Gasteiger partial charge in [0.15, 0.2) is 0 Å². The molecule has 0 bridgehead atoms. The quantitative estimate of drug-likeness (QED) is 0.474. The molecule has 0 saturated carbocycles. The normalized spacial score (nSPS) is 25.3. The van der Waals surface area contributed by atoms with Crippen LogP contribution in [0.3, 0.4) is 0 Å². The molecule has 0 aromatic carbocycles. The Morgan fingerprint density at radius 3 is 3.27 bits per heavy atom. The van der Waals surface area contributed by atoms with Gasteiger partial charge in [-0.3, -0.25) is 0 Å². The van der Waals surface area contributed by atoms with E-state index in [0.29, 0.717) is 6.04 Å². The van der Waals surface area contributed by atoms with Gasteiger partial charge in [0.05, 0.1) is 6.21 Å². The number of hydrogen-bond donors (Lipinski definition) is 1. The van der Waals surface area contributed by atoms with Gasteiger partial charge in [-0.25, -0.2) is 0 Å². The summed E-state index contributed by atoms with van der Waals surface area (Å²) in [4.78, 5) is 4.59. The van der Waals surface area contributed by atoms with E-state index in [4.69, 9.17) is 0 Å². The summed E-state index contributed by atoms with van der Waals surface area (Å²) in [6, 6.07) is 0.405. The maximum Gasteiger partial charge on any atom is 0.106 e. The van der Waals surface area contributed by atoms with Crippen molar-refractivity contribution in [1.29, 1.82) is 0 Å². The summed E-state index contributed by atoms with van der Waals surface area (Å²) in [7, 11) is 1.55. The van der Waals surface area contributed by atoms with E-state index in [0.717, 1.165) is 13.0 Å². The molecular formula is C8H14N2O. The molecule has 1 rings (SSSR count). The van der Waals surface area contributed by atoms with Crippen LogP contribution in [0.15, 0.2) is 16.8 Å². The summed E-state index contributed by atoms with van der Waals surface area (Å²) in [6.07, 6.45) is 5.02. The molecule has 0 aromatic heterocycles. The Hall–Kier alpha value is -0.830. The van der Waals surface area contributed by atoms with Crippen molar-refractivity contribution in [2.75, 3.05) is 13.7 Å². The first kappa shape index (κ1) is 8.27. The third-order valence-electron chi connectivity index (χ3n) is 1.78. The minimum atomic E-state index is 0.405. The molecule has 0 saturated heterocycles. The molecule has 0 radical (unpaired) electrons. The van der Waals surface area contributed by atoms with Crippen LogP contribution in [0.25, 0.3) is 0 Å². The fourth-order valence-electron chi connectivity index (χ4n) is 1.11. The second kappa shape index (κ2) is 4.13. The standard InChI is InChI=1S/C8H14N2O/c1-7-8(6-10-11-2)4-3-5-9-7/h4,6-7,9H,3,5H2,1-2H3/b10-6+. The van der Waals surface area contributed by atoms with E-state index in [1.807, 2.05) is 0 Å². The van der Waals surface area contributed by atoms with Gasteiger partial charge in [-0.05, 0) is 25.5 Å². The Bertz CT molecular complexity index is 175. The van der Waals surface area contributed by atoms with Crippen LogP contribution in [-0.2, 0) is 4.84 Å². The molecule has 62 valence electrons. The zero-order chi connectivity index (χ0) is 8.10. The lowest BCUT2D eigenvalue weighted by Crippen LogP contribution is -2.32. The molecule has 3 heteroatoms. The summed E-state index contributed by atoms with van der Waals surface area (Å²) in [5.74, 6) is 0. The molecule has 1 aliphatic heterocycles. The highest BCUT2D eigenvalue weighted by Crippen LogP contribution is 2.05. The van der Waals surface area contributed by atoms with Crippen LogP contribution in [0.2, 0.25) is 0 Å². The Kier molecular flexibility index (Phi) is 3.11. The van der Waals surface area contributed by atoms with E-state index >= 15 is 0 Å². The topological polar surface area (TPSA) is 33.6 Å². The highest BCUT2D eigenvalue weighted by Gasteiger charge is 2.09. The first-order chi connectivity index (χ1) is 5.34. The zero-order valence-corrected chi connectivity index (χ0v) is 7.00. The monoisotopic (exact) mass is 154 g/mol. The molecule has 0 fully saturated rings. The predicted molar refractivity (Wildman–Crippen MR) is 45.7 cm³/mol. The van der Waals surface area contributed by atoms with Crippen molar-refractivity contribution >= 4 is 6.21 Å². The summed E-state index contributed by atoms with van der Waals surface area (Å²) < 4.78 is 0. The SMILES string of the molecule is CO/N=C/C1=CCCNC1C. The Balaban J connectivity index is 2.53. The Morgan fingerprint density at radius 1 is 1.82 bits per heavy atom. The number of oxime groups is 1. The van der Waals surface area contributed by atoms with Crippen molar-refractivity contribution in [1.82, 2.24) is 5.32 Å². The average Bonchev–Trinajstić information content (AvgIpc) is 2.03. The lowest BCUT2D eigenvalue weighted by molar-refractivity contribution is 0.215. The van der Waals surface area contributed by atoms with Crippen molar-refractivity contribution in [3.8, 4) is 0 Å². The van der Waals surface area contributed by atoms with Gasteiger partial charge >= 0.3 is 0 Å². The van der Waals surface area contributed by atoms with Crippen LogP contribution in [-0.4, -0.2) is 25.9 Å². The highest BCUT2D eigenvalue weighted by molar-refractivity contribution is 5.79. The van der Waals surface area contributed by atoms with Crippen molar-refractivity contribution in [2.45, 2.75) is 19.4 Å². The molecule has 3 nitrogen and oxygen atoms in total. The second-order valence-electron chi connectivity index (χ2n) is 2.59. The smallest absolute Gasteiger partial charge is 0.106 e. The summed E-state index contributed by atoms with van der Waals surface area (Å²) in [6.45, 7) is 3.18. The zero-order valence-electron chi connectivity index (χ0n) is 7.00. The Labute approximate surface area is 67.1 Å². The van der Waals surface area contributed by atoms with Gasteiger partial charge in [-0.2, -0.15) is 0 Å². The van der Waals surface area contributed by atoms with Crippen LogP contribution in [0, 0.1) is 0 Å². The molecule has 1 unspecified atom stereocenters. The molecule has 1 N–H and O–H groups in total. The van der Waals surface area contributed by atoms with Crippen molar-refractivity contribution in [3.63, 3.8) is 0 Å². The second-order valence-corrected chi connectivity index (χ2v) is 2.59. The highest BCUT2D eigenvalue weighted by atomic mass is 16.6. The lowest BCUT2D eigenvalue weighted by Gasteiger charge is -2.18. The van der Waals surface area contributed by atoms with Gasteiger partial charge < -0.3 is 10.2 Å². The maximum absolute atomic E-state index is 4.59. The van der Waals surface area contributed by atoms with Gasteiger partial charge in [0.2, 0.25) is 0 Å². The maximum atomic E-state index is 4.59. The predicted octanol–water partition coefficient (Wildman–Crippen LogP) is 0.927. The van der Waals surface area contributed by atoms with Gasteiger partial charge in [0, 0.05) is 6.04 Å². The fraction of sp³-hybridized carbons (Fsp3) is 0.625. The van der Waals surface area contributed by atoms with Gasteiger partial charge in [0.25, 0.3) is 0 Å². The van der Waals surface area contributed by atoms with E-state index in [9.17, 15) is 0 Å². The third kappa shape index (κ3) is 2.35. The molecule has 0 amide bonds. The van der Waals surface area contributed by atoms with Crippen LogP contribution < -0.4 is 5.32 Å². The molecule has 11 heavy (non-hydrogen) atoms. The van der Waals surface area contributed by atoms with Gasteiger partial charge in [0.1, 0.15) is 7.11 Å². The molecule has 0 aromatic rings. The number of rotatable bonds is 2. The Morgan fingerprint density at radius 2 is 2.64 bits per heavy atom. The summed E-state index contributed by atoms with van der Waals surface area (Å²) >= 11 is 0. The van der Waals surface area contributed by atoms with E-state index in [2.05, 4.69) is 28.3 Å². The van der Waals surface area contributed by atoms with E-state index in [1.165, 1.54) is 5.57 Å². The molecule has 0 spiro atoms. The number of nitrogens with one attached hydrogen (secondary N) is 1. The van der Waals surface area contributed by atoms with Crippen molar-refractivity contribution in [2.24, 2.45) is 5.16 Å². The number of hydrogen-bond acceptors (Lipinski definition) is 3. The van der Waals surface area contributed by atoms with E-state index < -0.39 is 0 Å². The van der Waals surface area contributed by atoms with Crippen LogP contribution in [0.5, 0.6) is 0 Å². The van der Waals surface area contributed by atoms with Gasteiger partial charge in [-0.15, -0.1) is 0 Å². The van der Waals surface area contributed by atoms with Gasteiger partial charge in [-0.1, -0.05) is 11.2 Å². The molecule has 1 atom stereocenters. The minimum absolute atomic E-state index is 0.405. The largest absolute Gasteiger partial charge is 0.399 e. The fourth-order valence-corrected chi connectivity index (χ4v) is 1.11. The van der Waals surface area contributed by atoms with Crippen LogP contribution >= 0.6 is 0 Å². The molecule has 0 aliphatic carbocycles. The van der Waals surface area contributed by atoms with Crippen LogP contribution in [0.4, 0.5) is 0 Å². The first-order valence-corrected chi connectivity index (χ1v) is 3.84. The van der Waals surface area contributed by atoms with E-state index in [1.54, 1.807) is 13.3 Å². The average molecular weight is 154 g/mol. The number of nitrogens with zero attached hydrogens (tertiary/aromatic N) is 1. The summed E-state index contributed by atoms with van der Waals surface area (Å²) in [5.41, 5.74) is 1.21. The summed E-state index contributed by atoms with van der Waals surface area (Å²) in [5, 5.41) is 7.04. The lowest BCUT2D eigenvalue weighted by atomic mass is 10.1.